The molecule has 0 saturated carbocycles. The van der Waals surface area contributed by atoms with Crippen LogP contribution in [0.5, 0.6) is 5.75 Å². The standard InChI is InChI=1S/C10H14N2O.2ClH/c1-2-3-10(11)12-8-4-6-9(13)7-5-8;;/h4-7,13H,2-3H2,1H3,(H2,11,12);2*1H. The first-order valence-electron chi connectivity index (χ1n) is 4.34. The number of halogens is 2. The summed E-state index contributed by atoms with van der Waals surface area (Å²) in [5.41, 5.74) is 6.42. The van der Waals surface area contributed by atoms with E-state index in [-0.39, 0.29) is 30.6 Å². The summed E-state index contributed by atoms with van der Waals surface area (Å²) in [5, 5.41) is 9.01. The molecule has 0 atom stereocenters. The summed E-state index contributed by atoms with van der Waals surface area (Å²) >= 11 is 0. The zero-order valence-corrected chi connectivity index (χ0v) is 10.1. The van der Waals surface area contributed by atoms with Crippen LogP contribution in [-0.4, -0.2) is 10.9 Å². The Morgan fingerprint density at radius 2 is 1.80 bits per heavy atom. The van der Waals surface area contributed by atoms with E-state index in [1.54, 1.807) is 24.3 Å². The van der Waals surface area contributed by atoms with Gasteiger partial charge in [-0.05, 0) is 30.7 Å². The van der Waals surface area contributed by atoms with Gasteiger partial charge in [0.25, 0.3) is 0 Å². The molecule has 0 fully saturated rings. The maximum atomic E-state index is 9.01. The summed E-state index contributed by atoms with van der Waals surface area (Å²) in [6.45, 7) is 2.05. The fraction of sp³-hybridized carbons (Fsp3) is 0.300. The van der Waals surface area contributed by atoms with E-state index in [1.807, 2.05) is 0 Å². The zero-order chi connectivity index (χ0) is 9.68. The Kier molecular flexibility index (Phi) is 9.22. The highest BCUT2D eigenvalue weighted by atomic mass is 35.5. The lowest BCUT2D eigenvalue weighted by atomic mass is 10.3. The average Bonchev–Trinajstić information content (AvgIpc) is 2.09. The lowest BCUT2D eigenvalue weighted by molar-refractivity contribution is 0.475. The van der Waals surface area contributed by atoms with Gasteiger partial charge in [-0.3, -0.25) is 0 Å². The second kappa shape index (κ2) is 8.38. The summed E-state index contributed by atoms with van der Waals surface area (Å²) in [4.78, 5) is 4.17. The van der Waals surface area contributed by atoms with Crippen LogP contribution >= 0.6 is 24.8 Å². The number of nitrogens with zero attached hydrogens (tertiary/aromatic N) is 1. The Hall–Kier alpha value is -0.930. The highest BCUT2D eigenvalue weighted by molar-refractivity contribution is 5.85. The zero-order valence-electron chi connectivity index (χ0n) is 8.51. The highest BCUT2D eigenvalue weighted by Crippen LogP contribution is 2.16. The second-order valence-electron chi connectivity index (χ2n) is 2.87. The number of aliphatic imine (C=N–C) groups is 1. The van der Waals surface area contributed by atoms with Crippen LogP contribution in [0, 0.1) is 0 Å². The normalized spacial score (nSPS) is 10.1. The van der Waals surface area contributed by atoms with Crippen LogP contribution in [0.2, 0.25) is 0 Å². The molecule has 0 heterocycles. The molecule has 15 heavy (non-hydrogen) atoms. The van der Waals surface area contributed by atoms with Gasteiger partial charge in [0.2, 0.25) is 0 Å². The minimum absolute atomic E-state index is 0. The molecule has 3 N–H and O–H groups in total. The monoisotopic (exact) mass is 250 g/mol. The van der Waals surface area contributed by atoms with Crippen LogP contribution in [0.3, 0.4) is 0 Å². The third-order valence-corrected chi connectivity index (χ3v) is 1.63. The van der Waals surface area contributed by atoms with Crippen molar-refractivity contribution >= 4 is 36.3 Å². The van der Waals surface area contributed by atoms with E-state index in [0.29, 0.717) is 5.84 Å². The van der Waals surface area contributed by atoms with Crippen molar-refractivity contribution in [1.82, 2.24) is 0 Å². The van der Waals surface area contributed by atoms with E-state index in [2.05, 4.69) is 11.9 Å². The van der Waals surface area contributed by atoms with Gasteiger partial charge in [0.05, 0.1) is 11.5 Å². The smallest absolute Gasteiger partial charge is 0.115 e. The molecule has 0 unspecified atom stereocenters. The van der Waals surface area contributed by atoms with Gasteiger partial charge in [0.15, 0.2) is 0 Å². The number of aromatic hydroxyl groups is 1. The minimum atomic E-state index is 0. The number of benzene rings is 1. The molecular formula is C10H16Cl2N2O. The summed E-state index contributed by atoms with van der Waals surface area (Å²) < 4.78 is 0. The van der Waals surface area contributed by atoms with Crippen LogP contribution in [0.4, 0.5) is 5.69 Å². The van der Waals surface area contributed by atoms with E-state index in [9.17, 15) is 0 Å². The maximum Gasteiger partial charge on any atom is 0.115 e. The first kappa shape index (κ1) is 16.5. The van der Waals surface area contributed by atoms with Gasteiger partial charge in [-0.1, -0.05) is 6.92 Å². The van der Waals surface area contributed by atoms with Gasteiger partial charge in [0, 0.05) is 6.42 Å². The van der Waals surface area contributed by atoms with E-state index >= 15 is 0 Å². The fourth-order valence-corrected chi connectivity index (χ4v) is 1.01. The number of amidine groups is 1. The molecule has 1 aromatic carbocycles. The summed E-state index contributed by atoms with van der Waals surface area (Å²) in [5.74, 6) is 0.876. The molecule has 86 valence electrons. The first-order valence-corrected chi connectivity index (χ1v) is 4.34. The van der Waals surface area contributed by atoms with Crippen molar-refractivity contribution in [2.45, 2.75) is 19.8 Å². The maximum absolute atomic E-state index is 9.01. The molecular weight excluding hydrogens is 235 g/mol. The van der Waals surface area contributed by atoms with Crippen molar-refractivity contribution in [3.05, 3.63) is 24.3 Å². The third-order valence-electron chi connectivity index (χ3n) is 1.63. The average molecular weight is 251 g/mol. The SMILES string of the molecule is CCCC(N)=Nc1ccc(O)cc1.Cl.Cl. The Bertz CT molecular complexity index is 299. The molecule has 0 bridgehead atoms. The Labute approximate surface area is 102 Å². The highest BCUT2D eigenvalue weighted by Gasteiger charge is 1.92. The van der Waals surface area contributed by atoms with Gasteiger partial charge < -0.3 is 10.8 Å². The van der Waals surface area contributed by atoms with E-state index in [0.717, 1.165) is 18.5 Å². The molecule has 1 rings (SSSR count). The molecule has 5 heteroatoms. The van der Waals surface area contributed by atoms with Gasteiger partial charge in [-0.2, -0.15) is 0 Å². The van der Waals surface area contributed by atoms with Crippen molar-refractivity contribution < 1.29 is 5.11 Å². The van der Waals surface area contributed by atoms with Gasteiger partial charge in [-0.15, -0.1) is 24.8 Å². The number of hydrogen-bond acceptors (Lipinski definition) is 2. The number of phenolic OH excluding ortho intramolecular Hbond substituents is 1. The van der Waals surface area contributed by atoms with Crippen LogP contribution in [0.25, 0.3) is 0 Å². The molecule has 0 saturated heterocycles. The number of phenols is 1. The second-order valence-corrected chi connectivity index (χ2v) is 2.87. The van der Waals surface area contributed by atoms with Crippen LogP contribution in [0.15, 0.2) is 29.3 Å². The Morgan fingerprint density at radius 3 is 2.27 bits per heavy atom. The van der Waals surface area contributed by atoms with Gasteiger partial charge >= 0.3 is 0 Å². The minimum Gasteiger partial charge on any atom is -0.508 e. The molecule has 0 spiro atoms. The van der Waals surface area contributed by atoms with Gasteiger partial charge in [-0.25, -0.2) is 4.99 Å². The number of rotatable bonds is 3. The molecule has 3 nitrogen and oxygen atoms in total. The molecule has 0 aromatic heterocycles. The molecule has 0 aliphatic rings. The predicted molar refractivity (Wildman–Crippen MR) is 68.8 cm³/mol. The quantitative estimate of drug-likeness (QED) is 0.640. The third kappa shape index (κ3) is 6.20. The summed E-state index contributed by atoms with van der Waals surface area (Å²) in [7, 11) is 0. The van der Waals surface area contributed by atoms with Crippen LogP contribution < -0.4 is 5.73 Å². The van der Waals surface area contributed by atoms with Crippen LogP contribution in [0.1, 0.15) is 19.8 Å². The molecule has 0 aliphatic heterocycles. The molecule has 0 radical (unpaired) electrons. The number of hydrogen-bond donors (Lipinski definition) is 2. The fourth-order valence-electron chi connectivity index (χ4n) is 1.01. The van der Waals surface area contributed by atoms with Gasteiger partial charge in [0.1, 0.15) is 5.75 Å². The first-order chi connectivity index (χ1) is 6.22. The molecule has 0 aliphatic carbocycles. The van der Waals surface area contributed by atoms with Crippen molar-refractivity contribution in [2.24, 2.45) is 10.7 Å². The molecule has 0 amide bonds. The van der Waals surface area contributed by atoms with Crippen molar-refractivity contribution in [3.8, 4) is 5.75 Å². The Morgan fingerprint density at radius 1 is 1.27 bits per heavy atom. The van der Waals surface area contributed by atoms with E-state index < -0.39 is 0 Å². The van der Waals surface area contributed by atoms with Crippen LogP contribution in [-0.2, 0) is 0 Å². The summed E-state index contributed by atoms with van der Waals surface area (Å²) in [6.07, 6.45) is 1.80. The van der Waals surface area contributed by atoms with E-state index in [1.165, 1.54) is 0 Å². The topological polar surface area (TPSA) is 58.6 Å². The Balaban J connectivity index is 0. The molecule has 1 aromatic rings. The largest absolute Gasteiger partial charge is 0.508 e. The van der Waals surface area contributed by atoms with Crippen molar-refractivity contribution in [2.75, 3.05) is 0 Å². The predicted octanol–water partition coefficient (Wildman–Crippen LogP) is 3.02. The lowest BCUT2D eigenvalue weighted by Gasteiger charge is -1.98. The van der Waals surface area contributed by atoms with Crippen molar-refractivity contribution in [1.29, 1.82) is 0 Å². The van der Waals surface area contributed by atoms with E-state index in [4.69, 9.17) is 10.8 Å². The van der Waals surface area contributed by atoms with Crippen molar-refractivity contribution in [3.63, 3.8) is 0 Å². The number of nitrogens with two attached hydrogens (primary N) is 1. The lowest BCUT2D eigenvalue weighted by Crippen LogP contribution is -2.09. The summed E-state index contributed by atoms with van der Waals surface area (Å²) in [6, 6.07) is 6.66.